The monoisotopic (exact) mass is 273 g/mol. The average Bonchev–Trinajstić information content (AvgIpc) is 3.18. The Morgan fingerprint density at radius 2 is 2.15 bits per heavy atom. The van der Waals surface area contributed by atoms with Crippen LogP contribution in [0.5, 0.6) is 0 Å². The van der Waals surface area contributed by atoms with Crippen molar-refractivity contribution in [2.24, 2.45) is 5.92 Å². The minimum absolute atomic E-state index is 0.301. The Bertz CT molecular complexity index is 642. The summed E-state index contributed by atoms with van der Waals surface area (Å²) in [6, 6.07) is 7.78. The molecule has 0 radical (unpaired) electrons. The number of carboxylic acids is 1. The van der Waals surface area contributed by atoms with E-state index in [1.54, 1.807) is 6.07 Å². The van der Waals surface area contributed by atoms with Crippen LogP contribution >= 0.6 is 0 Å². The fraction of sp³-hybridized carbons (Fsp3) is 0.438. The van der Waals surface area contributed by atoms with Crippen molar-refractivity contribution >= 4 is 16.9 Å². The largest absolute Gasteiger partial charge is 0.478 e. The zero-order chi connectivity index (χ0) is 14.3. The number of rotatable bonds is 5. The molecule has 1 aromatic carbocycles. The number of nitrogens with zero attached hydrogens (tertiary/aromatic N) is 1. The number of carbonyl (C=O) groups is 1. The molecular weight excluding hydrogens is 254 g/mol. The highest BCUT2D eigenvalue weighted by atomic mass is 16.4. The number of carboxylic acid groups (broad SMARTS) is 1. The summed E-state index contributed by atoms with van der Waals surface area (Å²) < 4.78 is 5.76. The van der Waals surface area contributed by atoms with Crippen molar-refractivity contribution in [1.82, 2.24) is 4.90 Å². The smallest absolute Gasteiger partial charge is 0.339 e. The Morgan fingerprint density at radius 3 is 2.80 bits per heavy atom. The normalized spacial score (nSPS) is 16.8. The van der Waals surface area contributed by atoms with Gasteiger partial charge in [-0.15, -0.1) is 0 Å². The van der Waals surface area contributed by atoms with Crippen LogP contribution in [0, 0.1) is 5.92 Å². The zero-order valence-corrected chi connectivity index (χ0v) is 11.8. The maximum Gasteiger partial charge on any atom is 0.339 e. The van der Waals surface area contributed by atoms with Gasteiger partial charge in [-0.2, -0.15) is 0 Å². The van der Waals surface area contributed by atoms with Crippen LogP contribution < -0.4 is 0 Å². The first-order valence-electron chi connectivity index (χ1n) is 7.02. The lowest BCUT2D eigenvalue weighted by Gasteiger charge is -2.23. The van der Waals surface area contributed by atoms with E-state index in [4.69, 9.17) is 4.42 Å². The van der Waals surface area contributed by atoms with E-state index in [1.807, 2.05) is 25.2 Å². The number of para-hydroxylation sites is 1. The van der Waals surface area contributed by atoms with Gasteiger partial charge in [0.1, 0.15) is 16.9 Å². The van der Waals surface area contributed by atoms with Crippen LogP contribution in [0.2, 0.25) is 0 Å². The van der Waals surface area contributed by atoms with Crippen molar-refractivity contribution in [2.45, 2.75) is 32.4 Å². The van der Waals surface area contributed by atoms with E-state index in [1.165, 1.54) is 12.8 Å². The van der Waals surface area contributed by atoms with Crippen LogP contribution in [0.15, 0.2) is 28.7 Å². The van der Waals surface area contributed by atoms with Crippen LogP contribution in [-0.2, 0) is 6.54 Å². The van der Waals surface area contributed by atoms with E-state index in [9.17, 15) is 9.90 Å². The van der Waals surface area contributed by atoms with Crippen LogP contribution in [0.25, 0.3) is 11.0 Å². The molecule has 106 valence electrons. The Labute approximate surface area is 118 Å². The minimum atomic E-state index is -0.919. The SMILES string of the molecule is CC(C1CC1)N(C)Cc1oc2ccccc2c1C(=O)O. The summed E-state index contributed by atoms with van der Waals surface area (Å²) in [6.07, 6.45) is 2.55. The van der Waals surface area contributed by atoms with Crippen molar-refractivity contribution in [3.05, 3.63) is 35.6 Å². The van der Waals surface area contributed by atoms with Crippen LogP contribution in [0.4, 0.5) is 0 Å². The molecule has 1 heterocycles. The summed E-state index contributed by atoms with van der Waals surface area (Å²) in [4.78, 5) is 13.7. The van der Waals surface area contributed by atoms with Crippen molar-refractivity contribution in [3.8, 4) is 0 Å². The summed E-state index contributed by atoms with van der Waals surface area (Å²) in [5.74, 6) is 0.379. The van der Waals surface area contributed by atoms with Gasteiger partial charge in [0.15, 0.2) is 0 Å². The van der Waals surface area contributed by atoms with Gasteiger partial charge in [-0.3, -0.25) is 4.90 Å². The van der Waals surface area contributed by atoms with E-state index in [2.05, 4.69) is 11.8 Å². The highest BCUT2D eigenvalue weighted by Crippen LogP contribution is 2.35. The number of hydrogen-bond donors (Lipinski definition) is 1. The molecule has 0 saturated heterocycles. The second kappa shape index (κ2) is 4.94. The highest BCUT2D eigenvalue weighted by molar-refractivity contribution is 6.03. The van der Waals surface area contributed by atoms with E-state index < -0.39 is 5.97 Å². The van der Waals surface area contributed by atoms with Gasteiger partial charge < -0.3 is 9.52 Å². The summed E-state index contributed by atoms with van der Waals surface area (Å²) in [7, 11) is 2.03. The zero-order valence-electron chi connectivity index (χ0n) is 11.8. The number of furan rings is 1. The van der Waals surface area contributed by atoms with E-state index >= 15 is 0 Å². The van der Waals surface area contributed by atoms with E-state index in [0.29, 0.717) is 34.9 Å². The third-order valence-corrected chi connectivity index (χ3v) is 4.27. The van der Waals surface area contributed by atoms with Gasteiger partial charge in [0, 0.05) is 11.4 Å². The fourth-order valence-corrected chi connectivity index (χ4v) is 2.75. The molecule has 1 saturated carbocycles. The van der Waals surface area contributed by atoms with Gasteiger partial charge in [0.25, 0.3) is 0 Å². The lowest BCUT2D eigenvalue weighted by atomic mass is 10.1. The third kappa shape index (κ3) is 2.31. The van der Waals surface area contributed by atoms with Gasteiger partial charge >= 0.3 is 5.97 Å². The molecular formula is C16H19NO3. The Morgan fingerprint density at radius 1 is 1.45 bits per heavy atom. The average molecular weight is 273 g/mol. The molecule has 1 fully saturated rings. The lowest BCUT2D eigenvalue weighted by molar-refractivity contribution is 0.0694. The van der Waals surface area contributed by atoms with Gasteiger partial charge in [-0.25, -0.2) is 4.79 Å². The van der Waals surface area contributed by atoms with Crippen molar-refractivity contribution in [2.75, 3.05) is 7.05 Å². The van der Waals surface area contributed by atoms with E-state index in [0.717, 1.165) is 5.92 Å². The summed E-state index contributed by atoms with van der Waals surface area (Å²) in [6.45, 7) is 2.73. The molecule has 1 atom stereocenters. The van der Waals surface area contributed by atoms with Gasteiger partial charge in [-0.05, 0) is 38.8 Å². The molecule has 1 unspecified atom stereocenters. The first kappa shape index (κ1) is 13.2. The number of benzene rings is 1. The lowest BCUT2D eigenvalue weighted by Crippen LogP contribution is -2.30. The van der Waals surface area contributed by atoms with E-state index in [-0.39, 0.29) is 0 Å². The molecule has 0 amide bonds. The van der Waals surface area contributed by atoms with Gasteiger partial charge in [-0.1, -0.05) is 18.2 Å². The molecule has 4 heteroatoms. The van der Waals surface area contributed by atoms with Crippen molar-refractivity contribution in [3.63, 3.8) is 0 Å². The third-order valence-electron chi connectivity index (χ3n) is 4.27. The topological polar surface area (TPSA) is 53.7 Å². The van der Waals surface area contributed by atoms with Crippen LogP contribution in [0.1, 0.15) is 35.9 Å². The molecule has 1 N–H and O–H groups in total. The minimum Gasteiger partial charge on any atom is -0.478 e. The maximum absolute atomic E-state index is 11.5. The van der Waals surface area contributed by atoms with Crippen LogP contribution in [0.3, 0.4) is 0 Å². The summed E-state index contributed by atoms with van der Waals surface area (Å²) >= 11 is 0. The summed E-state index contributed by atoms with van der Waals surface area (Å²) in [5.41, 5.74) is 0.947. The molecule has 1 aliphatic carbocycles. The Balaban J connectivity index is 1.93. The Hall–Kier alpha value is -1.81. The standard InChI is InChI=1S/C16H19NO3/c1-10(11-7-8-11)17(2)9-14-15(16(18)19)12-5-3-4-6-13(12)20-14/h3-6,10-11H,7-9H2,1-2H3,(H,18,19). The Kier molecular flexibility index (Phi) is 3.26. The highest BCUT2D eigenvalue weighted by Gasteiger charge is 2.31. The predicted octanol–water partition coefficient (Wildman–Crippen LogP) is 3.36. The molecule has 20 heavy (non-hydrogen) atoms. The quantitative estimate of drug-likeness (QED) is 0.907. The molecule has 1 aromatic heterocycles. The van der Waals surface area contributed by atoms with Crippen LogP contribution in [-0.4, -0.2) is 29.1 Å². The number of fused-ring (bicyclic) bond motifs is 1. The molecule has 3 rings (SSSR count). The first-order chi connectivity index (χ1) is 9.58. The van der Waals surface area contributed by atoms with Crippen molar-refractivity contribution in [1.29, 1.82) is 0 Å². The van der Waals surface area contributed by atoms with Gasteiger partial charge in [0.05, 0.1) is 6.54 Å². The van der Waals surface area contributed by atoms with Gasteiger partial charge in [0.2, 0.25) is 0 Å². The molecule has 0 aliphatic heterocycles. The second-order valence-corrected chi connectivity index (χ2v) is 5.69. The molecule has 4 nitrogen and oxygen atoms in total. The maximum atomic E-state index is 11.5. The van der Waals surface area contributed by atoms with Crippen molar-refractivity contribution < 1.29 is 14.3 Å². The predicted molar refractivity (Wildman–Crippen MR) is 76.8 cm³/mol. The molecule has 1 aliphatic rings. The first-order valence-corrected chi connectivity index (χ1v) is 7.02. The molecule has 2 aromatic rings. The fourth-order valence-electron chi connectivity index (χ4n) is 2.75. The number of hydrogen-bond acceptors (Lipinski definition) is 3. The molecule has 0 bridgehead atoms. The second-order valence-electron chi connectivity index (χ2n) is 5.69. The summed E-state index contributed by atoms with van der Waals surface area (Å²) in [5, 5.41) is 10.1. The number of aromatic carboxylic acids is 1. The molecule has 0 spiro atoms.